The summed E-state index contributed by atoms with van der Waals surface area (Å²) in [5, 5.41) is 4.33. The summed E-state index contributed by atoms with van der Waals surface area (Å²) in [6.07, 6.45) is 6.93. The lowest BCUT2D eigenvalue weighted by Gasteiger charge is -2.15. The highest BCUT2D eigenvalue weighted by Crippen LogP contribution is 2.20. The van der Waals surface area contributed by atoms with Crippen molar-refractivity contribution in [3.8, 4) is 16.9 Å². The van der Waals surface area contributed by atoms with E-state index in [4.69, 9.17) is 4.42 Å². The minimum Gasteiger partial charge on any atom is -0.467 e. The number of benzene rings is 1. The molecule has 0 fully saturated rings. The molecule has 0 bridgehead atoms. The molecule has 1 aromatic carbocycles. The van der Waals surface area contributed by atoms with E-state index in [-0.39, 0.29) is 5.82 Å². The predicted molar refractivity (Wildman–Crippen MR) is 95.4 cm³/mol. The molecule has 130 valence electrons. The van der Waals surface area contributed by atoms with Gasteiger partial charge in [0, 0.05) is 25.0 Å². The van der Waals surface area contributed by atoms with Crippen molar-refractivity contribution in [2.24, 2.45) is 0 Å². The summed E-state index contributed by atoms with van der Waals surface area (Å²) in [6, 6.07) is 11.8. The molecule has 7 heteroatoms. The van der Waals surface area contributed by atoms with Gasteiger partial charge < -0.3 is 9.32 Å². The molecule has 0 amide bonds. The van der Waals surface area contributed by atoms with Crippen molar-refractivity contribution < 1.29 is 8.81 Å². The Kier molecular flexibility index (Phi) is 4.18. The highest BCUT2D eigenvalue weighted by Gasteiger charge is 2.10. The molecular formula is C19H16FN5O. The van der Waals surface area contributed by atoms with Crippen molar-refractivity contribution >= 4 is 5.95 Å². The fourth-order valence-electron chi connectivity index (χ4n) is 2.59. The Morgan fingerprint density at radius 1 is 1.15 bits per heavy atom. The molecule has 26 heavy (non-hydrogen) atoms. The summed E-state index contributed by atoms with van der Waals surface area (Å²) in [5.74, 6) is 1.15. The standard InChI is InChI=1S/C19H16FN5O/c1-24(13-17-3-2-10-26-17)19-21-9-8-18(23-19)14-11-22-25(12-14)16-6-4-15(20)5-7-16/h2-12H,13H2,1H3. The predicted octanol–water partition coefficient (Wildman–Crippen LogP) is 3.70. The molecule has 0 aliphatic carbocycles. The molecular weight excluding hydrogens is 333 g/mol. The molecule has 0 aliphatic rings. The van der Waals surface area contributed by atoms with E-state index in [0.717, 1.165) is 22.7 Å². The first-order valence-electron chi connectivity index (χ1n) is 8.06. The van der Waals surface area contributed by atoms with Gasteiger partial charge >= 0.3 is 0 Å². The highest BCUT2D eigenvalue weighted by atomic mass is 19.1. The molecule has 0 aliphatic heterocycles. The summed E-state index contributed by atoms with van der Waals surface area (Å²) < 4.78 is 20.1. The Hall–Kier alpha value is -3.48. The van der Waals surface area contributed by atoms with Gasteiger partial charge in [-0.1, -0.05) is 0 Å². The zero-order valence-corrected chi connectivity index (χ0v) is 14.1. The van der Waals surface area contributed by atoms with Crippen molar-refractivity contribution in [3.05, 3.63) is 78.9 Å². The summed E-state index contributed by atoms with van der Waals surface area (Å²) in [7, 11) is 1.91. The number of aromatic nitrogens is 4. The normalized spacial score (nSPS) is 10.8. The zero-order valence-electron chi connectivity index (χ0n) is 14.1. The Morgan fingerprint density at radius 3 is 2.77 bits per heavy atom. The van der Waals surface area contributed by atoms with E-state index >= 15 is 0 Å². The van der Waals surface area contributed by atoms with Gasteiger partial charge in [-0.2, -0.15) is 5.10 Å². The minimum atomic E-state index is -0.277. The van der Waals surface area contributed by atoms with Crippen LogP contribution in [0.2, 0.25) is 0 Å². The van der Waals surface area contributed by atoms with Gasteiger partial charge in [0.05, 0.1) is 30.4 Å². The van der Waals surface area contributed by atoms with Crippen LogP contribution in [0.1, 0.15) is 5.76 Å². The maximum Gasteiger partial charge on any atom is 0.226 e. The molecule has 3 heterocycles. The number of hydrogen-bond acceptors (Lipinski definition) is 5. The molecule has 0 saturated carbocycles. The van der Waals surface area contributed by atoms with E-state index in [0.29, 0.717) is 12.5 Å². The van der Waals surface area contributed by atoms with Gasteiger partial charge in [-0.25, -0.2) is 19.0 Å². The Bertz CT molecular complexity index is 995. The van der Waals surface area contributed by atoms with Gasteiger partial charge in [-0.05, 0) is 42.5 Å². The third-order valence-corrected chi connectivity index (χ3v) is 3.93. The van der Waals surface area contributed by atoms with Crippen LogP contribution in [-0.2, 0) is 6.54 Å². The van der Waals surface area contributed by atoms with E-state index < -0.39 is 0 Å². The molecule has 6 nitrogen and oxygen atoms in total. The van der Waals surface area contributed by atoms with Crippen LogP contribution in [0.15, 0.2) is 71.7 Å². The molecule has 4 rings (SSSR count). The lowest BCUT2D eigenvalue weighted by atomic mass is 10.2. The van der Waals surface area contributed by atoms with E-state index in [1.807, 2.05) is 36.3 Å². The summed E-state index contributed by atoms with van der Waals surface area (Å²) in [5.41, 5.74) is 2.39. The average Bonchev–Trinajstić information content (AvgIpc) is 3.34. The van der Waals surface area contributed by atoms with Crippen molar-refractivity contribution in [1.82, 2.24) is 19.7 Å². The van der Waals surface area contributed by atoms with E-state index in [1.165, 1.54) is 12.1 Å². The molecule has 0 saturated heterocycles. The molecule has 3 aromatic heterocycles. The van der Waals surface area contributed by atoms with Gasteiger partial charge in [0.2, 0.25) is 5.95 Å². The topological polar surface area (TPSA) is 60.0 Å². The van der Waals surface area contributed by atoms with Crippen LogP contribution in [0.25, 0.3) is 16.9 Å². The van der Waals surface area contributed by atoms with Crippen molar-refractivity contribution in [3.63, 3.8) is 0 Å². The molecule has 0 spiro atoms. The maximum atomic E-state index is 13.1. The van der Waals surface area contributed by atoms with E-state index in [9.17, 15) is 4.39 Å². The van der Waals surface area contributed by atoms with Gasteiger partial charge in [0.1, 0.15) is 11.6 Å². The van der Waals surface area contributed by atoms with Crippen LogP contribution in [0, 0.1) is 5.82 Å². The van der Waals surface area contributed by atoms with Crippen LogP contribution >= 0.6 is 0 Å². The van der Waals surface area contributed by atoms with Gasteiger partial charge in [-0.15, -0.1) is 0 Å². The fraction of sp³-hybridized carbons (Fsp3) is 0.105. The first-order valence-corrected chi connectivity index (χ1v) is 8.06. The largest absolute Gasteiger partial charge is 0.467 e. The quantitative estimate of drug-likeness (QED) is 0.550. The minimum absolute atomic E-state index is 0.277. The Labute approximate surface area is 149 Å². The second-order valence-electron chi connectivity index (χ2n) is 5.83. The second kappa shape index (κ2) is 6.79. The van der Waals surface area contributed by atoms with Crippen LogP contribution in [0.4, 0.5) is 10.3 Å². The molecule has 0 atom stereocenters. The van der Waals surface area contributed by atoms with Crippen molar-refractivity contribution in [1.29, 1.82) is 0 Å². The summed E-state index contributed by atoms with van der Waals surface area (Å²) in [4.78, 5) is 10.8. The Balaban J connectivity index is 1.57. The summed E-state index contributed by atoms with van der Waals surface area (Å²) in [6.45, 7) is 0.575. The number of halogens is 1. The number of nitrogens with zero attached hydrogens (tertiary/aromatic N) is 5. The first-order chi connectivity index (χ1) is 12.7. The maximum absolute atomic E-state index is 13.1. The van der Waals surface area contributed by atoms with Crippen LogP contribution in [0.5, 0.6) is 0 Å². The average molecular weight is 349 g/mol. The third kappa shape index (κ3) is 3.32. The fourth-order valence-corrected chi connectivity index (χ4v) is 2.59. The molecule has 4 aromatic rings. The van der Waals surface area contributed by atoms with Crippen LogP contribution in [-0.4, -0.2) is 26.8 Å². The van der Waals surface area contributed by atoms with Gasteiger partial charge in [-0.3, -0.25) is 0 Å². The first kappa shape index (κ1) is 16.0. The van der Waals surface area contributed by atoms with Crippen LogP contribution in [0.3, 0.4) is 0 Å². The van der Waals surface area contributed by atoms with E-state index in [2.05, 4.69) is 15.1 Å². The number of furan rings is 1. The number of rotatable bonds is 5. The molecule has 0 radical (unpaired) electrons. The Morgan fingerprint density at radius 2 is 2.00 bits per heavy atom. The highest BCUT2D eigenvalue weighted by molar-refractivity contribution is 5.59. The number of hydrogen-bond donors (Lipinski definition) is 0. The SMILES string of the molecule is CN(Cc1ccco1)c1nccc(-c2cnn(-c3ccc(F)cc3)c2)n1. The molecule has 0 N–H and O–H groups in total. The lowest BCUT2D eigenvalue weighted by molar-refractivity contribution is 0.506. The zero-order chi connectivity index (χ0) is 17.9. The third-order valence-electron chi connectivity index (χ3n) is 3.93. The smallest absolute Gasteiger partial charge is 0.226 e. The van der Waals surface area contributed by atoms with Crippen molar-refractivity contribution in [2.45, 2.75) is 6.54 Å². The van der Waals surface area contributed by atoms with Crippen molar-refractivity contribution in [2.75, 3.05) is 11.9 Å². The lowest BCUT2D eigenvalue weighted by Crippen LogP contribution is -2.18. The molecule has 0 unspecified atom stereocenters. The van der Waals surface area contributed by atoms with Crippen LogP contribution < -0.4 is 4.90 Å². The van der Waals surface area contributed by atoms with Gasteiger partial charge in [0.25, 0.3) is 0 Å². The van der Waals surface area contributed by atoms with Gasteiger partial charge in [0.15, 0.2) is 0 Å². The second-order valence-corrected chi connectivity index (χ2v) is 5.83. The number of anilines is 1. The monoisotopic (exact) mass is 349 g/mol. The summed E-state index contributed by atoms with van der Waals surface area (Å²) >= 11 is 0. The van der Waals surface area contributed by atoms with E-state index in [1.54, 1.807) is 35.5 Å².